The third-order valence-corrected chi connectivity index (χ3v) is 5.17. The third-order valence-electron chi connectivity index (χ3n) is 4.22. The molecular formula is C16H23BrClN. The molecular weight excluding hydrogens is 322 g/mol. The van der Waals surface area contributed by atoms with Crippen molar-refractivity contribution in [2.75, 3.05) is 18.0 Å². The maximum Gasteiger partial charge on any atom is 0.0642 e. The smallest absolute Gasteiger partial charge is 0.0642 e. The van der Waals surface area contributed by atoms with Gasteiger partial charge in [-0.25, -0.2) is 0 Å². The summed E-state index contributed by atoms with van der Waals surface area (Å²) in [6.45, 7) is 6.96. The van der Waals surface area contributed by atoms with Gasteiger partial charge in [0.05, 0.1) is 10.7 Å². The van der Waals surface area contributed by atoms with Gasteiger partial charge in [-0.05, 0) is 48.8 Å². The lowest BCUT2D eigenvalue weighted by Crippen LogP contribution is -2.24. The molecule has 0 aliphatic carbocycles. The van der Waals surface area contributed by atoms with Gasteiger partial charge in [0.2, 0.25) is 0 Å². The molecule has 1 heterocycles. The number of nitrogens with zero attached hydrogens (tertiary/aromatic N) is 1. The number of rotatable bonds is 3. The van der Waals surface area contributed by atoms with Crippen LogP contribution in [-0.4, -0.2) is 13.1 Å². The van der Waals surface area contributed by atoms with Crippen molar-refractivity contribution >= 4 is 33.2 Å². The molecule has 106 valence electrons. The Morgan fingerprint density at radius 3 is 2.74 bits per heavy atom. The van der Waals surface area contributed by atoms with E-state index >= 15 is 0 Å². The average molecular weight is 345 g/mol. The molecule has 1 nitrogen and oxygen atoms in total. The molecule has 0 amide bonds. The summed E-state index contributed by atoms with van der Waals surface area (Å²) < 4.78 is 0. The molecule has 0 saturated carbocycles. The van der Waals surface area contributed by atoms with Crippen LogP contribution in [0.1, 0.15) is 38.7 Å². The second-order valence-electron chi connectivity index (χ2n) is 5.84. The predicted molar refractivity (Wildman–Crippen MR) is 88.5 cm³/mol. The van der Waals surface area contributed by atoms with Gasteiger partial charge in [0.1, 0.15) is 0 Å². The van der Waals surface area contributed by atoms with E-state index in [0.717, 1.165) is 35.3 Å². The van der Waals surface area contributed by atoms with E-state index in [1.165, 1.54) is 30.5 Å². The molecule has 19 heavy (non-hydrogen) atoms. The van der Waals surface area contributed by atoms with Crippen LogP contribution in [0.5, 0.6) is 0 Å². The number of anilines is 1. The SMILES string of the molecule is CC(C)C1CCCN(c2ccc(CBr)cc2Cl)CC1. The summed E-state index contributed by atoms with van der Waals surface area (Å²) in [5.41, 5.74) is 2.44. The summed E-state index contributed by atoms with van der Waals surface area (Å²) in [7, 11) is 0. The summed E-state index contributed by atoms with van der Waals surface area (Å²) >= 11 is 9.91. The molecule has 1 aliphatic rings. The molecule has 0 radical (unpaired) electrons. The van der Waals surface area contributed by atoms with Crippen LogP contribution in [0.4, 0.5) is 5.69 Å². The van der Waals surface area contributed by atoms with Gasteiger partial charge in [-0.2, -0.15) is 0 Å². The van der Waals surface area contributed by atoms with E-state index in [2.05, 4.69) is 52.9 Å². The van der Waals surface area contributed by atoms with Crippen molar-refractivity contribution in [3.8, 4) is 0 Å². The number of hydrogen-bond acceptors (Lipinski definition) is 1. The molecule has 1 fully saturated rings. The first-order chi connectivity index (χ1) is 9.11. The highest BCUT2D eigenvalue weighted by Crippen LogP contribution is 2.32. The Balaban J connectivity index is 2.10. The summed E-state index contributed by atoms with van der Waals surface area (Å²) in [5.74, 6) is 1.66. The first kappa shape index (κ1) is 15.2. The first-order valence-electron chi connectivity index (χ1n) is 7.21. The fourth-order valence-electron chi connectivity index (χ4n) is 2.92. The largest absolute Gasteiger partial charge is 0.370 e. The minimum atomic E-state index is 0.797. The molecule has 1 aliphatic heterocycles. The molecule has 2 rings (SSSR count). The number of halogens is 2. The Kier molecular flexibility index (Phi) is 5.58. The zero-order valence-electron chi connectivity index (χ0n) is 11.8. The Bertz CT molecular complexity index is 419. The molecule has 0 bridgehead atoms. The lowest BCUT2D eigenvalue weighted by molar-refractivity contribution is 0.351. The van der Waals surface area contributed by atoms with Crippen LogP contribution < -0.4 is 4.90 Å². The molecule has 1 saturated heterocycles. The van der Waals surface area contributed by atoms with E-state index in [9.17, 15) is 0 Å². The van der Waals surface area contributed by atoms with Crippen LogP contribution in [0.25, 0.3) is 0 Å². The van der Waals surface area contributed by atoms with E-state index < -0.39 is 0 Å². The Morgan fingerprint density at radius 1 is 1.32 bits per heavy atom. The average Bonchev–Trinajstić information content (AvgIpc) is 2.64. The van der Waals surface area contributed by atoms with E-state index in [0.29, 0.717) is 0 Å². The highest BCUT2D eigenvalue weighted by Gasteiger charge is 2.20. The Hall–Kier alpha value is -0.210. The fraction of sp³-hybridized carbons (Fsp3) is 0.625. The highest BCUT2D eigenvalue weighted by atomic mass is 79.9. The molecule has 0 spiro atoms. The van der Waals surface area contributed by atoms with Crippen LogP contribution in [0.2, 0.25) is 5.02 Å². The van der Waals surface area contributed by atoms with Gasteiger partial charge in [0.25, 0.3) is 0 Å². The van der Waals surface area contributed by atoms with Gasteiger partial charge in [0, 0.05) is 18.4 Å². The molecule has 1 atom stereocenters. The minimum absolute atomic E-state index is 0.797. The van der Waals surface area contributed by atoms with E-state index in [1.54, 1.807) is 0 Å². The number of alkyl halides is 1. The monoisotopic (exact) mass is 343 g/mol. The second-order valence-corrected chi connectivity index (χ2v) is 6.81. The predicted octanol–water partition coefficient (Wildman–Crippen LogP) is 5.50. The topological polar surface area (TPSA) is 3.24 Å². The van der Waals surface area contributed by atoms with Gasteiger partial charge < -0.3 is 4.90 Å². The number of hydrogen-bond donors (Lipinski definition) is 0. The van der Waals surface area contributed by atoms with Gasteiger partial charge >= 0.3 is 0 Å². The zero-order valence-corrected chi connectivity index (χ0v) is 14.2. The van der Waals surface area contributed by atoms with Crippen LogP contribution >= 0.6 is 27.5 Å². The summed E-state index contributed by atoms with van der Waals surface area (Å²) in [6, 6.07) is 6.42. The molecule has 0 aromatic heterocycles. The standard InChI is InChI=1S/C16H23BrClN/c1-12(2)14-4-3-8-19(9-7-14)16-6-5-13(11-17)10-15(16)18/h5-6,10,12,14H,3-4,7-9,11H2,1-2H3. The van der Waals surface area contributed by atoms with Gasteiger partial charge in [-0.3, -0.25) is 0 Å². The summed E-state index contributed by atoms with van der Waals surface area (Å²) in [4.78, 5) is 2.46. The second kappa shape index (κ2) is 6.99. The van der Waals surface area contributed by atoms with Crippen molar-refractivity contribution < 1.29 is 0 Å². The zero-order chi connectivity index (χ0) is 13.8. The van der Waals surface area contributed by atoms with Gasteiger partial charge in [0.15, 0.2) is 0 Å². The van der Waals surface area contributed by atoms with E-state index in [4.69, 9.17) is 11.6 Å². The van der Waals surface area contributed by atoms with Crippen LogP contribution in [-0.2, 0) is 5.33 Å². The normalized spacial score (nSPS) is 20.7. The van der Waals surface area contributed by atoms with Crippen molar-refractivity contribution in [2.45, 2.75) is 38.4 Å². The first-order valence-corrected chi connectivity index (χ1v) is 8.71. The Morgan fingerprint density at radius 2 is 2.11 bits per heavy atom. The van der Waals surface area contributed by atoms with E-state index in [-0.39, 0.29) is 0 Å². The van der Waals surface area contributed by atoms with Crippen molar-refractivity contribution in [3.63, 3.8) is 0 Å². The van der Waals surface area contributed by atoms with Crippen molar-refractivity contribution in [3.05, 3.63) is 28.8 Å². The number of benzene rings is 1. The van der Waals surface area contributed by atoms with E-state index in [1.807, 2.05) is 0 Å². The maximum absolute atomic E-state index is 6.43. The lowest BCUT2D eigenvalue weighted by atomic mass is 9.89. The maximum atomic E-state index is 6.43. The third kappa shape index (κ3) is 3.88. The van der Waals surface area contributed by atoms with Crippen molar-refractivity contribution in [1.82, 2.24) is 0 Å². The van der Waals surface area contributed by atoms with Crippen LogP contribution in [0.15, 0.2) is 18.2 Å². The molecule has 3 heteroatoms. The van der Waals surface area contributed by atoms with Crippen molar-refractivity contribution in [2.24, 2.45) is 11.8 Å². The fourth-order valence-corrected chi connectivity index (χ4v) is 3.59. The van der Waals surface area contributed by atoms with Gasteiger partial charge in [-0.1, -0.05) is 47.4 Å². The molecule has 1 unspecified atom stereocenters. The summed E-state index contributed by atoms with van der Waals surface area (Å²) in [5, 5.41) is 1.75. The van der Waals surface area contributed by atoms with Gasteiger partial charge in [-0.15, -0.1) is 0 Å². The van der Waals surface area contributed by atoms with Crippen LogP contribution in [0.3, 0.4) is 0 Å². The van der Waals surface area contributed by atoms with Crippen LogP contribution in [0, 0.1) is 11.8 Å². The molecule has 1 aromatic rings. The molecule has 0 N–H and O–H groups in total. The Labute approximate surface area is 130 Å². The highest BCUT2D eigenvalue weighted by molar-refractivity contribution is 9.08. The minimum Gasteiger partial charge on any atom is -0.370 e. The molecule has 1 aromatic carbocycles. The summed E-state index contributed by atoms with van der Waals surface area (Å²) in [6.07, 6.45) is 3.92. The quantitative estimate of drug-likeness (QED) is 0.655. The lowest BCUT2D eigenvalue weighted by Gasteiger charge is -2.25. The van der Waals surface area contributed by atoms with Crippen molar-refractivity contribution in [1.29, 1.82) is 0 Å².